The quantitative estimate of drug-likeness (QED) is 0.869. The number of aliphatic hydroxyl groups is 1. The predicted octanol–water partition coefficient (Wildman–Crippen LogP) is 1.83. The molecule has 0 radical (unpaired) electrons. The summed E-state index contributed by atoms with van der Waals surface area (Å²) in [4.78, 5) is 14.2. The molecule has 0 aliphatic carbocycles. The Hall–Kier alpha value is -1.33. The molecule has 1 aliphatic heterocycles. The molecule has 5 nitrogen and oxygen atoms in total. The molecule has 1 unspecified atom stereocenters. The van der Waals surface area contributed by atoms with Crippen molar-refractivity contribution in [1.82, 2.24) is 9.47 Å². The van der Waals surface area contributed by atoms with Crippen molar-refractivity contribution >= 4 is 0 Å². The Morgan fingerprint density at radius 2 is 2.14 bits per heavy atom. The minimum atomic E-state index is -0.397. The topological polar surface area (TPSA) is 65.7 Å². The van der Waals surface area contributed by atoms with Gasteiger partial charge in [0.1, 0.15) is 0 Å². The Morgan fingerprint density at radius 1 is 1.38 bits per heavy atom. The van der Waals surface area contributed by atoms with Crippen LogP contribution < -0.4 is 5.43 Å². The van der Waals surface area contributed by atoms with E-state index in [-0.39, 0.29) is 12.4 Å². The molecule has 1 saturated heterocycles. The molecule has 21 heavy (non-hydrogen) atoms. The highest BCUT2D eigenvalue weighted by atomic mass is 16.3. The molecule has 1 aliphatic rings. The van der Waals surface area contributed by atoms with Gasteiger partial charge in [-0.1, -0.05) is 13.3 Å². The summed E-state index contributed by atoms with van der Waals surface area (Å²) in [5.74, 6) is -0.168. The Morgan fingerprint density at radius 3 is 2.76 bits per heavy atom. The summed E-state index contributed by atoms with van der Waals surface area (Å²) in [6.45, 7) is 6.30. The van der Waals surface area contributed by atoms with Gasteiger partial charge in [-0.15, -0.1) is 0 Å². The lowest BCUT2D eigenvalue weighted by atomic mass is 10.0. The monoisotopic (exact) mass is 294 g/mol. The number of pyridine rings is 1. The maximum atomic E-state index is 11.9. The third kappa shape index (κ3) is 3.47. The Kier molecular flexibility index (Phi) is 5.42. The van der Waals surface area contributed by atoms with Crippen LogP contribution in [0.4, 0.5) is 0 Å². The van der Waals surface area contributed by atoms with Gasteiger partial charge in [0.2, 0.25) is 5.43 Å². The molecule has 2 heterocycles. The van der Waals surface area contributed by atoms with E-state index in [0.717, 1.165) is 25.8 Å². The predicted molar refractivity (Wildman–Crippen MR) is 82.3 cm³/mol. The first-order chi connectivity index (χ1) is 10.1. The third-order valence-electron chi connectivity index (χ3n) is 4.38. The average molecular weight is 294 g/mol. The van der Waals surface area contributed by atoms with Crippen LogP contribution in [0.15, 0.2) is 10.9 Å². The van der Waals surface area contributed by atoms with Crippen molar-refractivity contribution in [3.05, 3.63) is 27.7 Å². The summed E-state index contributed by atoms with van der Waals surface area (Å²) in [6, 6.07) is 1.80. The third-order valence-corrected chi connectivity index (χ3v) is 4.38. The van der Waals surface area contributed by atoms with E-state index in [9.17, 15) is 15.0 Å². The molecule has 2 rings (SSSR count). The lowest BCUT2D eigenvalue weighted by Crippen LogP contribution is -2.38. The number of aromatic hydroxyl groups is 1. The summed E-state index contributed by atoms with van der Waals surface area (Å²) in [6.07, 6.45) is 4.43. The van der Waals surface area contributed by atoms with Gasteiger partial charge >= 0.3 is 0 Å². The van der Waals surface area contributed by atoms with Gasteiger partial charge in [0, 0.05) is 30.9 Å². The first kappa shape index (κ1) is 16.0. The van der Waals surface area contributed by atoms with Gasteiger partial charge in [0.05, 0.1) is 12.3 Å². The van der Waals surface area contributed by atoms with E-state index >= 15 is 0 Å². The summed E-state index contributed by atoms with van der Waals surface area (Å²) in [5, 5.41) is 19.7. The number of rotatable bonds is 5. The smallest absolute Gasteiger partial charge is 0.223 e. The molecule has 0 bridgehead atoms. The molecule has 1 aromatic rings. The molecular formula is C16H26N2O3. The van der Waals surface area contributed by atoms with Crippen LogP contribution in [-0.2, 0) is 19.7 Å². The first-order valence-corrected chi connectivity index (χ1v) is 7.88. The first-order valence-electron chi connectivity index (χ1n) is 7.88. The molecule has 118 valence electrons. The van der Waals surface area contributed by atoms with E-state index < -0.39 is 5.43 Å². The van der Waals surface area contributed by atoms with Crippen molar-refractivity contribution in [1.29, 1.82) is 0 Å². The highest BCUT2D eigenvalue weighted by Crippen LogP contribution is 2.23. The number of hydrogen-bond acceptors (Lipinski definition) is 4. The number of aromatic nitrogens is 1. The second kappa shape index (κ2) is 7.09. The maximum Gasteiger partial charge on any atom is 0.223 e. The molecule has 1 aromatic heterocycles. The normalized spacial score (nSPS) is 19.9. The van der Waals surface area contributed by atoms with Crippen molar-refractivity contribution in [3.63, 3.8) is 0 Å². The fourth-order valence-corrected chi connectivity index (χ4v) is 3.12. The lowest BCUT2D eigenvalue weighted by Gasteiger charge is -2.34. The molecule has 0 saturated carbocycles. The lowest BCUT2D eigenvalue weighted by molar-refractivity contribution is 0.146. The standard InChI is InChI=1S/C16H26N2O3/c1-3-7-18-13(11-19)9-15(20)16(21)14(18)10-17-8-5-4-6-12(17)2/h9,12,19,21H,3-8,10-11H2,1-2H3. The summed E-state index contributed by atoms with van der Waals surface area (Å²) < 4.78 is 1.90. The SMILES string of the molecule is CCCn1c(CO)cc(=O)c(O)c1CN1CCCCC1C. The second-order valence-electron chi connectivity index (χ2n) is 5.92. The largest absolute Gasteiger partial charge is 0.503 e. The van der Waals surface area contributed by atoms with Crippen molar-refractivity contribution in [2.75, 3.05) is 6.54 Å². The van der Waals surface area contributed by atoms with Gasteiger partial charge in [-0.2, -0.15) is 0 Å². The van der Waals surface area contributed by atoms with E-state index in [4.69, 9.17) is 0 Å². The number of hydrogen-bond donors (Lipinski definition) is 2. The van der Waals surface area contributed by atoms with Crippen LogP contribution in [0, 0.1) is 0 Å². The highest BCUT2D eigenvalue weighted by molar-refractivity contribution is 5.30. The molecule has 0 amide bonds. The molecular weight excluding hydrogens is 268 g/mol. The Bertz CT molecular complexity index is 539. The summed E-state index contributed by atoms with van der Waals surface area (Å²) in [5.41, 5.74) is 0.826. The van der Waals surface area contributed by atoms with E-state index in [1.165, 1.54) is 12.5 Å². The van der Waals surface area contributed by atoms with Gasteiger partial charge in [-0.25, -0.2) is 0 Å². The van der Waals surface area contributed by atoms with Crippen molar-refractivity contribution in [2.24, 2.45) is 0 Å². The van der Waals surface area contributed by atoms with Crippen LogP contribution >= 0.6 is 0 Å². The van der Waals surface area contributed by atoms with Gasteiger partial charge < -0.3 is 14.8 Å². The van der Waals surface area contributed by atoms with Gasteiger partial charge in [0.25, 0.3) is 0 Å². The fraction of sp³-hybridized carbons (Fsp3) is 0.688. The van der Waals surface area contributed by atoms with E-state index in [2.05, 4.69) is 11.8 Å². The van der Waals surface area contributed by atoms with Crippen LogP contribution in [0.2, 0.25) is 0 Å². The molecule has 5 heteroatoms. The zero-order chi connectivity index (χ0) is 15.4. The molecule has 1 fully saturated rings. The van der Waals surface area contributed by atoms with E-state index in [1.807, 2.05) is 11.5 Å². The molecule has 1 atom stereocenters. The minimum Gasteiger partial charge on any atom is -0.503 e. The fourth-order valence-electron chi connectivity index (χ4n) is 3.12. The number of nitrogens with zero attached hydrogens (tertiary/aromatic N) is 2. The van der Waals surface area contributed by atoms with Crippen molar-refractivity contribution < 1.29 is 10.2 Å². The van der Waals surface area contributed by atoms with Gasteiger partial charge in [-0.3, -0.25) is 9.69 Å². The number of piperidine rings is 1. The molecule has 0 spiro atoms. The maximum absolute atomic E-state index is 11.9. The van der Waals surface area contributed by atoms with E-state index in [0.29, 0.717) is 30.5 Å². The van der Waals surface area contributed by atoms with Gasteiger partial charge in [-0.05, 0) is 32.7 Å². The van der Waals surface area contributed by atoms with E-state index in [1.54, 1.807) is 0 Å². The zero-order valence-electron chi connectivity index (χ0n) is 13.0. The molecule has 0 aromatic carbocycles. The number of aliphatic hydroxyl groups excluding tert-OH is 1. The summed E-state index contributed by atoms with van der Waals surface area (Å²) in [7, 11) is 0. The molecule has 2 N–H and O–H groups in total. The van der Waals surface area contributed by atoms with Crippen LogP contribution in [-0.4, -0.2) is 32.3 Å². The van der Waals surface area contributed by atoms with Crippen LogP contribution in [0.1, 0.15) is 50.9 Å². The van der Waals surface area contributed by atoms with Crippen LogP contribution in [0.3, 0.4) is 0 Å². The van der Waals surface area contributed by atoms with Crippen molar-refractivity contribution in [3.8, 4) is 5.75 Å². The second-order valence-corrected chi connectivity index (χ2v) is 5.92. The van der Waals surface area contributed by atoms with Crippen LogP contribution in [0.5, 0.6) is 5.75 Å². The Labute approximate surface area is 125 Å². The highest BCUT2D eigenvalue weighted by Gasteiger charge is 2.22. The Balaban J connectivity index is 2.39. The summed E-state index contributed by atoms with van der Waals surface area (Å²) >= 11 is 0. The zero-order valence-corrected chi connectivity index (χ0v) is 13.0. The van der Waals surface area contributed by atoms with Crippen molar-refractivity contribution in [2.45, 2.75) is 65.3 Å². The average Bonchev–Trinajstić information content (AvgIpc) is 2.48. The van der Waals surface area contributed by atoms with Gasteiger partial charge in [0.15, 0.2) is 5.75 Å². The minimum absolute atomic E-state index is 0.168. The number of likely N-dealkylation sites (tertiary alicyclic amines) is 1. The van der Waals surface area contributed by atoms with Crippen LogP contribution in [0.25, 0.3) is 0 Å².